The van der Waals surface area contributed by atoms with Crippen LogP contribution in [0.25, 0.3) is 0 Å². The summed E-state index contributed by atoms with van der Waals surface area (Å²) in [5.41, 5.74) is 0.886. The lowest BCUT2D eigenvalue weighted by Crippen LogP contribution is -2.33. The fourth-order valence-electron chi connectivity index (χ4n) is 2.37. The number of hydrogen-bond acceptors (Lipinski definition) is 4. The van der Waals surface area contributed by atoms with E-state index >= 15 is 0 Å². The number of aliphatic hydroxyl groups excluding tert-OH is 1. The summed E-state index contributed by atoms with van der Waals surface area (Å²) >= 11 is 0. The van der Waals surface area contributed by atoms with Gasteiger partial charge in [0.1, 0.15) is 0 Å². The summed E-state index contributed by atoms with van der Waals surface area (Å²) in [4.78, 5) is 10.5. The molecule has 0 spiro atoms. The fraction of sp³-hybridized carbons (Fsp3) is 0.600. The number of benzene rings is 1. The van der Waals surface area contributed by atoms with Crippen LogP contribution in [0.2, 0.25) is 0 Å². The van der Waals surface area contributed by atoms with Crippen molar-refractivity contribution < 1.29 is 10.0 Å². The normalized spacial score (nSPS) is 12.6. The van der Waals surface area contributed by atoms with Crippen molar-refractivity contribution in [2.75, 3.05) is 13.1 Å². The van der Waals surface area contributed by atoms with Crippen LogP contribution in [0.5, 0.6) is 0 Å². The molecule has 5 nitrogen and oxygen atoms in total. The fourth-order valence-corrected chi connectivity index (χ4v) is 2.37. The molecule has 0 bridgehead atoms. The van der Waals surface area contributed by atoms with Gasteiger partial charge in [0.2, 0.25) is 0 Å². The molecule has 0 aliphatic rings. The SMILES string of the molecule is CCC(CC)C(O)CNCCc1ccccc1[N+](=O)[O-]. The van der Waals surface area contributed by atoms with Crippen molar-refractivity contribution in [3.63, 3.8) is 0 Å². The Bertz CT molecular complexity index is 419. The van der Waals surface area contributed by atoms with Gasteiger partial charge in [0, 0.05) is 18.2 Å². The number of hydrogen-bond donors (Lipinski definition) is 2. The van der Waals surface area contributed by atoms with Crippen LogP contribution >= 0.6 is 0 Å². The summed E-state index contributed by atoms with van der Waals surface area (Å²) in [7, 11) is 0. The van der Waals surface area contributed by atoms with Gasteiger partial charge in [0.15, 0.2) is 0 Å². The average molecular weight is 280 g/mol. The van der Waals surface area contributed by atoms with Crippen LogP contribution < -0.4 is 5.32 Å². The number of aliphatic hydroxyl groups is 1. The van der Waals surface area contributed by atoms with E-state index in [4.69, 9.17) is 0 Å². The highest BCUT2D eigenvalue weighted by Crippen LogP contribution is 2.17. The quantitative estimate of drug-likeness (QED) is 0.414. The third-order valence-corrected chi connectivity index (χ3v) is 3.71. The topological polar surface area (TPSA) is 75.4 Å². The predicted octanol–water partition coefficient (Wildman–Crippen LogP) is 2.52. The largest absolute Gasteiger partial charge is 0.392 e. The van der Waals surface area contributed by atoms with Gasteiger partial charge in [-0.1, -0.05) is 44.9 Å². The lowest BCUT2D eigenvalue weighted by atomic mass is 9.96. The van der Waals surface area contributed by atoms with Gasteiger partial charge in [0.25, 0.3) is 5.69 Å². The Kier molecular flexibility index (Phi) is 7.18. The molecule has 0 aliphatic heterocycles. The standard InChI is InChI=1S/C15H24N2O3/c1-3-12(4-2)15(18)11-16-10-9-13-7-5-6-8-14(13)17(19)20/h5-8,12,15-16,18H,3-4,9-11H2,1-2H3. The van der Waals surface area contributed by atoms with Crippen molar-refractivity contribution in [3.05, 3.63) is 39.9 Å². The summed E-state index contributed by atoms with van der Waals surface area (Å²) in [6.45, 7) is 5.31. The zero-order valence-corrected chi connectivity index (χ0v) is 12.2. The van der Waals surface area contributed by atoms with Gasteiger partial charge in [-0.15, -0.1) is 0 Å². The molecule has 1 unspecified atom stereocenters. The van der Waals surface area contributed by atoms with Crippen LogP contribution in [0.4, 0.5) is 5.69 Å². The minimum absolute atomic E-state index is 0.162. The highest BCUT2D eigenvalue weighted by atomic mass is 16.6. The van der Waals surface area contributed by atoms with Gasteiger partial charge in [-0.2, -0.15) is 0 Å². The first-order valence-electron chi connectivity index (χ1n) is 7.21. The molecule has 5 heteroatoms. The predicted molar refractivity (Wildman–Crippen MR) is 79.7 cm³/mol. The van der Waals surface area contributed by atoms with Gasteiger partial charge in [0.05, 0.1) is 11.0 Å². The van der Waals surface area contributed by atoms with Crippen molar-refractivity contribution in [1.82, 2.24) is 5.32 Å². The summed E-state index contributed by atoms with van der Waals surface area (Å²) in [5, 5.41) is 24.0. The molecule has 2 N–H and O–H groups in total. The van der Waals surface area contributed by atoms with Gasteiger partial charge in [-0.05, 0) is 18.9 Å². The van der Waals surface area contributed by atoms with E-state index in [1.807, 2.05) is 0 Å². The molecule has 1 atom stereocenters. The maximum Gasteiger partial charge on any atom is 0.272 e. The molecule has 1 aromatic carbocycles. The second-order valence-electron chi connectivity index (χ2n) is 4.98. The highest BCUT2D eigenvalue weighted by Gasteiger charge is 2.15. The van der Waals surface area contributed by atoms with Crippen molar-refractivity contribution in [2.24, 2.45) is 5.92 Å². The van der Waals surface area contributed by atoms with Gasteiger partial charge in [-0.25, -0.2) is 0 Å². The highest BCUT2D eigenvalue weighted by molar-refractivity contribution is 5.39. The molecule has 0 radical (unpaired) electrons. The Balaban J connectivity index is 2.40. The molecule has 1 aromatic rings. The number of nitro benzene ring substituents is 1. The Morgan fingerprint density at radius 2 is 1.95 bits per heavy atom. The van der Waals surface area contributed by atoms with Crippen molar-refractivity contribution in [1.29, 1.82) is 0 Å². The van der Waals surface area contributed by atoms with Crippen LogP contribution in [0.3, 0.4) is 0 Å². The van der Waals surface area contributed by atoms with E-state index in [1.54, 1.807) is 18.2 Å². The molecule has 20 heavy (non-hydrogen) atoms. The van der Waals surface area contributed by atoms with E-state index in [0.29, 0.717) is 25.4 Å². The van der Waals surface area contributed by atoms with Crippen LogP contribution in [0.1, 0.15) is 32.3 Å². The van der Waals surface area contributed by atoms with Gasteiger partial charge >= 0.3 is 0 Å². The van der Waals surface area contributed by atoms with E-state index in [-0.39, 0.29) is 16.7 Å². The molecule has 0 aliphatic carbocycles. The number of nitrogens with one attached hydrogen (secondary N) is 1. The molecule has 0 amide bonds. The molecule has 0 saturated carbocycles. The van der Waals surface area contributed by atoms with Crippen molar-refractivity contribution in [3.8, 4) is 0 Å². The van der Waals surface area contributed by atoms with E-state index in [1.165, 1.54) is 6.07 Å². The molecular formula is C15H24N2O3. The minimum atomic E-state index is -0.353. The summed E-state index contributed by atoms with van der Waals surface area (Å²) in [6, 6.07) is 6.78. The van der Waals surface area contributed by atoms with E-state index < -0.39 is 0 Å². The van der Waals surface area contributed by atoms with Crippen LogP contribution in [-0.4, -0.2) is 29.2 Å². The zero-order valence-electron chi connectivity index (χ0n) is 12.2. The number of nitro groups is 1. The minimum Gasteiger partial charge on any atom is -0.392 e. The molecule has 0 fully saturated rings. The first-order chi connectivity index (χ1) is 9.60. The molecule has 0 aromatic heterocycles. The monoisotopic (exact) mass is 280 g/mol. The Hall–Kier alpha value is -1.46. The molecule has 0 saturated heterocycles. The lowest BCUT2D eigenvalue weighted by Gasteiger charge is -2.20. The first-order valence-corrected chi connectivity index (χ1v) is 7.21. The molecular weight excluding hydrogens is 256 g/mol. The van der Waals surface area contributed by atoms with Crippen LogP contribution in [-0.2, 0) is 6.42 Å². The second-order valence-corrected chi connectivity index (χ2v) is 4.98. The third kappa shape index (κ3) is 4.90. The van der Waals surface area contributed by atoms with Crippen LogP contribution in [0, 0.1) is 16.0 Å². The van der Waals surface area contributed by atoms with Gasteiger partial charge < -0.3 is 10.4 Å². The number of rotatable bonds is 9. The zero-order chi connectivity index (χ0) is 15.0. The summed E-state index contributed by atoms with van der Waals surface area (Å²) in [6.07, 6.45) is 2.16. The summed E-state index contributed by atoms with van der Waals surface area (Å²) in [5.74, 6) is 0.313. The van der Waals surface area contributed by atoms with Crippen molar-refractivity contribution >= 4 is 5.69 Å². The maximum absolute atomic E-state index is 10.9. The van der Waals surface area contributed by atoms with E-state index in [0.717, 1.165) is 18.4 Å². The molecule has 0 heterocycles. The second kappa shape index (κ2) is 8.66. The smallest absolute Gasteiger partial charge is 0.272 e. The molecule has 112 valence electrons. The first kappa shape index (κ1) is 16.6. The maximum atomic E-state index is 10.9. The van der Waals surface area contributed by atoms with Crippen LogP contribution in [0.15, 0.2) is 24.3 Å². The number of para-hydroxylation sites is 1. The number of nitrogens with zero attached hydrogens (tertiary/aromatic N) is 1. The molecule has 1 rings (SSSR count). The third-order valence-electron chi connectivity index (χ3n) is 3.71. The average Bonchev–Trinajstić information content (AvgIpc) is 2.45. The van der Waals surface area contributed by atoms with E-state index in [9.17, 15) is 15.2 Å². The lowest BCUT2D eigenvalue weighted by molar-refractivity contribution is -0.385. The Morgan fingerprint density at radius 3 is 2.55 bits per heavy atom. The van der Waals surface area contributed by atoms with Gasteiger partial charge in [-0.3, -0.25) is 10.1 Å². The Morgan fingerprint density at radius 1 is 1.30 bits per heavy atom. The van der Waals surface area contributed by atoms with E-state index in [2.05, 4.69) is 19.2 Å². The van der Waals surface area contributed by atoms with Crippen molar-refractivity contribution in [2.45, 2.75) is 39.2 Å². The summed E-state index contributed by atoms with van der Waals surface area (Å²) < 4.78 is 0. The Labute approximate surface area is 120 Å².